The maximum absolute atomic E-state index is 12.6. The van der Waals surface area contributed by atoms with E-state index < -0.39 is 0 Å². The molecule has 2 aliphatic heterocycles. The van der Waals surface area contributed by atoms with Crippen molar-refractivity contribution in [3.05, 3.63) is 29.1 Å². The quantitative estimate of drug-likeness (QED) is 0.892. The van der Waals surface area contributed by atoms with Gasteiger partial charge in [-0.1, -0.05) is 0 Å². The average Bonchev–Trinajstić information content (AvgIpc) is 3.42. The van der Waals surface area contributed by atoms with Gasteiger partial charge in [0.05, 0.1) is 17.3 Å². The molecule has 1 saturated carbocycles. The van der Waals surface area contributed by atoms with Crippen LogP contribution in [0.5, 0.6) is 0 Å². The lowest BCUT2D eigenvalue weighted by Gasteiger charge is -2.35. The number of piperidine rings is 1. The molecule has 0 radical (unpaired) electrons. The molecule has 2 saturated heterocycles. The van der Waals surface area contributed by atoms with E-state index in [1.165, 1.54) is 12.8 Å². The number of aromatic nitrogens is 1. The first-order valence-electron chi connectivity index (χ1n) is 9.80. The molecular formula is C20H28N4O2. The molecule has 140 valence electrons. The van der Waals surface area contributed by atoms with Crippen molar-refractivity contribution in [2.45, 2.75) is 57.0 Å². The SMILES string of the molecule is Cc1nc(C2CC2)ccc1C(=O)NC1CCN([C@@H]2CCN(C)C2=O)CC1. The molecule has 6 nitrogen and oxygen atoms in total. The van der Waals surface area contributed by atoms with E-state index in [9.17, 15) is 9.59 Å². The average molecular weight is 356 g/mol. The predicted octanol–water partition coefficient (Wildman–Crippen LogP) is 1.69. The van der Waals surface area contributed by atoms with E-state index >= 15 is 0 Å². The van der Waals surface area contributed by atoms with Crippen molar-refractivity contribution < 1.29 is 9.59 Å². The van der Waals surface area contributed by atoms with Gasteiger partial charge in [-0.25, -0.2) is 0 Å². The first-order chi connectivity index (χ1) is 12.5. The Hall–Kier alpha value is -1.95. The van der Waals surface area contributed by atoms with Gasteiger partial charge in [0.15, 0.2) is 0 Å². The number of likely N-dealkylation sites (N-methyl/N-ethyl adjacent to an activating group) is 1. The number of hydrogen-bond acceptors (Lipinski definition) is 4. The van der Waals surface area contributed by atoms with E-state index in [0.717, 1.165) is 50.3 Å². The van der Waals surface area contributed by atoms with Crippen molar-refractivity contribution >= 4 is 11.8 Å². The third kappa shape index (κ3) is 3.47. The Morgan fingerprint density at radius 3 is 2.42 bits per heavy atom. The van der Waals surface area contributed by atoms with Crippen molar-refractivity contribution in [3.8, 4) is 0 Å². The summed E-state index contributed by atoms with van der Waals surface area (Å²) in [4.78, 5) is 33.5. The van der Waals surface area contributed by atoms with Gasteiger partial charge in [-0.3, -0.25) is 19.5 Å². The van der Waals surface area contributed by atoms with Crippen LogP contribution in [-0.2, 0) is 4.79 Å². The number of amides is 2. The van der Waals surface area contributed by atoms with Gasteiger partial charge in [0.25, 0.3) is 5.91 Å². The highest BCUT2D eigenvalue weighted by Crippen LogP contribution is 2.39. The molecule has 1 atom stereocenters. The van der Waals surface area contributed by atoms with Crippen molar-refractivity contribution in [1.29, 1.82) is 0 Å². The van der Waals surface area contributed by atoms with Crippen LogP contribution in [0, 0.1) is 6.92 Å². The molecule has 6 heteroatoms. The van der Waals surface area contributed by atoms with Gasteiger partial charge >= 0.3 is 0 Å². The topological polar surface area (TPSA) is 65.5 Å². The lowest BCUT2D eigenvalue weighted by atomic mass is 10.0. The molecule has 0 bridgehead atoms. The molecule has 1 aromatic heterocycles. The summed E-state index contributed by atoms with van der Waals surface area (Å²) < 4.78 is 0. The summed E-state index contributed by atoms with van der Waals surface area (Å²) in [6.45, 7) is 4.51. The number of rotatable bonds is 4. The first kappa shape index (κ1) is 17.5. The van der Waals surface area contributed by atoms with Crippen molar-refractivity contribution in [1.82, 2.24) is 20.1 Å². The van der Waals surface area contributed by atoms with Crippen LogP contribution >= 0.6 is 0 Å². The fraction of sp³-hybridized carbons (Fsp3) is 0.650. The summed E-state index contributed by atoms with van der Waals surface area (Å²) in [6.07, 6.45) is 5.15. The lowest BCUT2D eigenvalue weighted by molar-refractivity contribution is -0.131. The highest BCUT2D eigenvalue weighted by atomic mass is 16.2. The van der Waals surface area contributed by atoms with E-state index in [2.05, 4.69) is 15.2 Å². The monoisotopic (exact) mass is 356 g/mol. The van der Waals surface area contributed by atoms with E-state index in [-0.39, 0.29) is 23.9 Å². The van der Waals surface area contributed by atoms with Gasteiger partial charge in [0.2, 0.25) is 5.91 Å². The third-order valence-corrected chi connectivity index (χ3v) is 6.05. The number of likely N-dealkylation sites (tertiary alicyclic amines) is 2. The lowest BCUT2D eigenvalue weighted by Crippen LogP contribution is -2.50. The van der Waals surface area contributed by atoms with Crippen LogP contribution in [0.15, 0.2) is 12.1 Å². The number of carbonyl (C=O) groups excluding carboxylic acids is 2. The van der Waals surface area contributed by atoms with Gasteiger partial charge in [-0.15, -0.1) is 0 Å². The second kappa shape index (κ2) is 6.99. The minimum absolute atomic E-state index is 0.0209. The van der Waals surface area contributed by atoms with Crippen molar-refractivity contribution in [2.24, 2.45) is 0 Å². The molecule has 0 aromatic carbocycles. The molecular weight excluding hydrogens is 328 g/mol. The van der Waals surface area contributed by atoms with Crippen LogP contribution in [0.1, 0.15) is 59.8 Å². The molecule has 1 N–H and O–H groups in total. The van der Waals surface area contributed by atoms with E-state index in [0.29, 0.717) is 11.5 Å². The zero-order valence-electron chi connectivity index (χ0n) is 15.7. The van der Waals surface area contributed by atoms with Crippen molar-refractivity contribution in [3.63, 3.8) is 0 Å². The zero-order chi connectivity index (χ0) is 18.3. The maximum Gasteiger partial charge on any atom is 0.253 e. The Kier molecular flexibility index (Phi) is 4.69. The summed E-state index contributed by atoms with van der Waals surface area (Å²) in [5.74, 6) is 0.824. The van der Waals surface area contributed by atoms with E-state index in [1.807, 2.05) is 31.0 Å². The molecule has 3 fully saturated rings. The minimum Gasteiger partial charge on any atom is -0.349 e. The fourth-order valence-electron chi connectivity index (χ4n) is 4.19. The second-order valence-corrected chi connectivity index (χ2v) is 7.99. The maximum atomic E-state index is 12.6. The van der Waals surface area contributed by atoms with Crippen LogP contribution in [0.2, 0.25) is 0 Å². The summed E-state index contributed by atoms with van der Waals surface area (Å²) in [5.41, 5.74) is 2.63. The first-order valence-corrected chi connectivity index (χ1v) is 9.80. The second-order valence-electron chi connectivity index (χ2n) is 7.99. The van der Waals surface area contributed by atoms with Crippen LogP contribution in [0.4, 0.5) is 0 Å². The molecule has 4 rings (SSSR count). The summed E-state index contributed by atoms with van der Waals surface area (Å²) >= 11 is 0. The smallest absolute Gasteiger partial charge is 0.253 e. The number of pyridine rings is 1. The van der Waals surface area contributed by atoms with Crippen LogP contribution < -0.4 is 5.32 Å². The van der Waals surface area contributed by atoms with Crippen LogP contribution in [-0.4, -0.2) is 65.4 Å². The molecule has 0 spiro atoms. The highest BCUT2D eigenvalue weighted by molar-refractivity contribution is 5.95. The van der Waals surface area contributed by atoms with Gasteiger partial charge in [-0.2, -0.15) is 0 Å². The number of nitrogens with one attached hydrogen (secondary N) is 1. The molecule has 2 amide bonds. The Balaban J connectivity index is 1.31. The normalized spacial score (nSPS) is 24.9. The van der Waals surface area contributed by atoms with Gasteiger partial charge in [-0.05, 0) is 51.2 Å². The molecule has 0 unspecified atom stereocenters. The largest absolute Gasteiger partial charge is 0.349 e. The molecule has 1 aromatic rings. The Morgan fingerprint density at radius 2 is 1.85 bits per heavy atom. The molecule has 3 aliphatic rings. The molecule has 3 heterocycles. The van der Waals surface area contributed by atoms with Crippen LogP contribution in [0.25, 0.3) is 0 Å². The minimum atomic E-state index is -0.0209. The summed E-state index contributed by atoms with van der Waals surface area (Å²) in [7, 11) is 1.88. The Bertz CT molecular complexity index is 708. The number of hydrogen-bond donors (Lipinski definition) is 1. The highest BCUT2D eigenvalue weighted by Gasteiger charge is 2.36. The van der Waals surface area contributed by atoms with E-state index in [4.69, 9.17) is 0 Å². The molecule has 1 aliphatic carbocycles. The standard InChI is InChI=1S/C20H28N4O2/c1-13-16(5-6-17(21-13)14-3-4-14)19(25)22-15-7-11-24(12-8-15)18-9-10-23(2)20(18)26/h5-6,14-15,18H,3-4,7-12H2,1-2H3,(H,22,25)/t18-/m1/s1. The van der Waals surface area contributed by atoms with E-state index in [1.54, 1.807) is 0 Å². The predicted molar refractivity (Wildman–Crippen MR) is 99.1 cm³/mol. The van der Waals surface area contributed by atoms with Gasteiger partial charge in [0.1, 0.15) is 0 Å². The third-order valence-electron chi connectivity index (χ3n) is 6.05. The fourth-order valence-corrected chi connectivity index (χ4v) is 4.19. The summed E-state index contributed by atoms with van der Waals surface area (Å²) in [6, 6.07) is 4.14. The van der Waals surface area contributed by atoms with Crippen molar-refractivity contribution in [2.75, 3.05) is 26.7 Å². The number of carbonyl (C=O) groups is 2. The number of nitrogens with zero attached hydrogens (tertiary/aromatic N) is 3. The zero-order valence-corrected chi connectivity index (χ0v) is 15.7. The van der Waals surface area contributed by atoms with Crippen LogP contribution in [0.3, 0.4) is 0 Å². The Morgan fingerprint density at radius 1 is 1.12 bits per heavy atom. The number of aryl methyl sites for hydroxylation is 1. The molecule has 26 heavy (non-hydrogen) atoms. The Labute approximate surface area is 155 Å². The van der Waals surface area contributed by atoms with Gasteiger partial charge in [0, 0.05) is 44.3 Å². The summed E-state index contributed by atoms with van der Waals surface area (Å²) in [5, 5.41) is 3.17. The van der Waals surface area contributed by atoms with Gasteiger partial charge < -0.3 is 10.2 Å².